The van der Waals surface area contributed by atoms with Crippen molar-refractivity contribution in [3.8, 4) is 5.75 Å². The molecule has 1 aromatic rings. The summed E-state index contributed by atoms with van der Waals surface area (Å²) < 4.78 is 12.3. The Morgan fingerprint density at radius 2 is 1.95 bits per heavy atom. The molecule has 0 N–H and O–H groups in total. The van der Waals surface area contributed by atoms with Gasteiger partial charge >= 0.3 is 0 Å². The summed E-state index contributed by atoms with van der Waals surface area (Å²) in [6.45, 7) is 0.648. The molecule has 0 bridgehead atoms. The fraction of sp³-hybridized carbons (Fsp3) is 0.647. The largest absolute Gasteiger partial charge is 0.491 e. The highest BCUT2D eigenvalue weighted by molar-refractivity contribution is 6.17. The Morgan fingerprint density at radius 1 is 1.15 bits per heavy atom. The first kappa shape index (κ1) is 14.2. The summed E-state index contributed by atoms with van der Waals surface area (Å²) in [5, 5.41) is 0. The van der Waals surface area contributed by atoms with Gasteiger partial charge in [-0.15, -0.1) is 11.6 Å². The SMILES string of the molecule is ClCc1ccccc1OCC1CCC2(CCCCC2)O1. The Morgan fingerprint density at radius 3 is 2.75 bits per heavy atom. The molecule has 2 aliphatic rings. The van der Waals surface area contributed by atoms with E-state index in [1.165, 1.54) is 38.5 Å². The minimum Gasteiger partial charge on any atom is -0.491 e. The molecule has 0 radical (unpaired) electrons. The third-order valence-electron chi connectivity index (χ3n) is 4.64. The predicted molar refractivity (Wildman–Crippen MR) is 81.4 cm³/mol. The van der Waals surface area contributed by atoms with Gasteiger partial charge in [-0.3, -0.25) is 0 Å². The van der Waals surface area contributed by atoms with E-state index < -0.39 is 0 Å². The molecule has 1 saturated carbocycles. The Kier molecular flexibility index (Phi) is 4.52. The van der Waals surface area contributed by atoms with Crippen LogP contribution in [0.5, 0.6) is 5.75 Å². The lowest BCUT2D eigenvalue weighted by Crippen LogP contribution is -2.32. The highest BCUT2D eigenvalue weighted by Crippen LogP contribution is 2.42. The lowest BCUT2D eigenvalue weighted by molar-refractivity contribution is -0.0749. The highest BCUT2D eigenvalue weighted by Gasteiger charge is 2.40. The summed E-state index contributed by atoms with van der Waals surface area (Å²) in [7, 11) is 0. The Bertz CT molecular complexity index is 440. The number of alkyl halides is 1. The van der Waals surface area contributed by atoms with Crippen LogP contribution in [0.2, 0.25) is 0 Å². The second-order valence-electron chi connectivity index (χ2n) is 6.07. The monoisotopic (exact) mass is 294 g/mol. The minimum atomic E-state index is 0.179. The summed E-state index contributed by atoms with van der Waals surface area (Å²) in [5.74, 6) is 1.39. The van der Waals surface area contributed by atoms with Gasteiger partial charge in [-0.05, 0) is 31.7 Å². The van der Waals surface area contributed by atoms with Crippen molar-refractivity contribution in [2.24, 2.45) is 0 Å². The quantitative estimate of drug-likeness (QED) is 0.750. The Hall–Kier alpha value is -0.730. The van der Waals surface area contributed by atoms with Crippen molar-refractivity contribution >= 4 is 11.6 Å². The zero-order valence-corrected chi connectivity index (χ0v) is 12.7. The average Bonchev–Trinajstić information content (AvgIpc) is 2.89. The van der Waals surface area contributed by atoms with Crippen LogP contribution in [0.4, 0.5) is 0 Å². The molecule has 110 valence electrons. The summed E-state index contributed by atoms with van der Waals surface area (Å²) in [6, 6.07) is 7.99. The van der Waals surface area contributed by atoms with E-state index in [4.69, 9.17) is 21.1 Å². The minimum absolute atomic E-state index is 0.179. The predicted octanol–water partition coefficient (Wildman–Crippen LogP) is 4.69. The molecular formula is C17H23ClO2. The van der Waals surface area contributed by atoms with Gasteiger partial charge in [0.1, 0.15) is 12.4 Å². The van der Waals surface area contributed by atoms with Gasteiger partial charge in [0, 0.05) is 5.56 Å². The molecule has 1 aliphatic heterocycles. The van der Waals surface area contributed by atoms with Crippen LogP contribution in [-0.4, -0.2) is 18.3 Å². The number of rotatable bonds is 4. The van der Waals surface area contributed by atoms with Gasteiger partial charge in [0.05, 0.1) is 17.6 Å². The van der Waals surface area contributed by atoms with Crippen LogP contribution in [0.1, 0.15) is 50.5 Å². The second kappa shape index (κ2) is 6.36. The van der Waals surface area contributed by atoms with Crippen molar-refractivity contribution in [3.63, 3.8) is 0 Å². The van der Waals surface area contributed by atoms with Crippen molar-refractivity contribution in [3.05, 3.63) is 29.8 Å². The number of hydrogen-bond acceptors (Lipinski definition) is 2. The zero-order valence-electron chi connectivity index (χ0n) is 11.9. The molecule has 1 saturated heterocycles. The fourth-order valence-corrected chi connectivity index (χ4v) is 3.74. The first-order chi connectivity index (χ1) is 9.81. The van der Waals surface area contributed by atoms with Crippen LogP contribution >= 0.6 is 11.6 Å². The van der Waals surface area contributed by atoms with Gasteiger partial charge < -0.3 is 9.47 Å². The molecular weight excluding hydrogens is 272 g/mol. The van der Waals surface area contributed by atoms with E-state index in [1.54, 1.807) is 0 Å². The smallest absolute Gasteiger partial charge is 0.123 e. The topological polar surface area (TPSA) is 18.5 Å². The normalized spacial score (nSPS) is 24.9. The molecule has 0 aromatic heterocycles. The van der Waals surface area contributed by atoms with Crippen molar-refractivity contribution in [1.82, 2.24) is 0 Å². The van der Waals surface area contributed by atoms with Crippen LogP contribution in [0.25, 0.3) is 0 Å². The van der Waals surface area contributed by atoms with Crippen LogP contribution in [0, 0.1) is 0 Å². The zero-order chi connectivity index (χ0) is 13.8. The molecule has 1 unspecified atom stereocenters. The summed E-state index contributed by atoms with van der Waals surface area (Å²) in [4.78, 5) is 0. The first-order valence-electron chi connectivity index (χ1n) is 7.76. The van der Waals surface area contributed by atoms with Crippen LogP contribution in [0.3, 0.4) is 0 Å². The van der Waals surface area contributed by atoms with Crippen molar-refractivity contribution in [1.29, 1.82) is 0 Å². The molecule has 20 heavy (non-hydrogen) atoms. The van der Waals surface area contributed by atoms with Crippen molar-refractivity contribution in [2.45, 2.75) is 62.5 Å². The van der Waals surface area contributed by atoms with Gasteiger partial charge in [-0.2, -0.15) is 0 Å². The van der Waals surface area contributed by atoms with E-state index in [0.29, 0.717) is 12.5 Å². The maximum absolute atomic E-state index is 6.33. The van der Waals surface area contributed by atoms with Gasteiger partial charge in [-0.25, -0.2) is 0 Å². The number of halogens is 1. The lowest BCUT2D eigenvalue weighted by atomic mass is 9.83. The highest BCUT2D eigenvalue weighted by atomic mass is 35.5. The van der Waals surface area contributed by atoms with Gasteiger partial charge in [0.15, 0.2) is 0 Å². The number of para-hydroxylation sites is 1. The Balaban J connectivity index is 1.54. The molecule has 3 rings (SSSR count). The van der Waals surface area contributed by atoms with Crippen molar-refractivity contribution in [2.75, 3.05) is 6.61 Å². The molecule has 0 amide bonds. The summed E-state index contributed by atoms with van der Waals surface area (Å²) in [5.41, 5.74) is 1.23. The van der Waals surface area contributed by atoms with Gasteiger partial charge in [0.2, 0.25) is 0 Å². The van der Waals surface area contributed by atoms with Crippen LogP contribution in [-0.2, 0) is 10.6 Å². The molecule has 2 nitrogen and oxygen atoms in total. The van der Waals surface area contributed by atoms with Gasteiger partial charge in [-0.1, -0.05) is 37.5 Å². The van der Waals surface area contributed by atoms with E-state index in [2.05, 4.69) is 0 Å². The molecule has 1 spiro atoms. The first-order valence-corrected chi connectivity index (χ1v) is 8.29. The second-order valence-corrected chi connectivity index (χ2v) is 6.34. The van der Waals surface area contributed by atoms with Crippen LogP contribution in [0.15, 0.2) is 24.3 Å². The Labute approximate surface area is 126 Å². The molecule has 1 aliphatic carbocycles. The van der Waals surface area contributed by atoms with Crippen molar-refractivity contribution < 1.29 is 9.47 Å². The molecule has 1 aromatic carbocycles. The standard InChI is InChI=1S/C17H23ClO2/c18-12-14-6-2-3-7-16(14)19-13-15-8-11-17(20-15)9-4-1-5-10-17/h2-3,6-7,15H,1,4-5,8-13H2. The van der Waals surface area contributed by atoms with E-state index in [9.17, 15) is 0 Å². The fourth-order valence-electron chi connectivity index (χ4n) is 3.51. The average molecular weight is 295 g/mol. The van der Waals surface area contributed by atoms with Gasteiger partial charge in [0.25, 0.3) is 0 Å². The molecule has 1 atom stereocenters. The number of benzene rings is 1. The number of ether oxygens (including phenoxy) is 2. The maximum Gasteiger partial charge on any atom is 0.123 e. The maximum atomic E-state index is 6.33. The lowest BCUT2D eigenvalue weighted by Gasteiger charge is -2.33. The summed E-state index contributed by atoms with van der Waals surface area (Å²) in [6.07, 6.45) is 9.07. The van der Waals surface area contributed by atoms with E-state index in [0.717, 1.165) is 17.7 Å². The molecule has 1 heterocycles. The van der Waals surface area contributed by atoms with E-state index in [1.807, 2.05) is 24.3 Å². The third-order valence-corrected chi connectivity index (χ3v) is 4.93. The molecule has 3 heteroatoms. The van der Waals surface area contributed by atoms with E-state index in [-0.39, 0.29) is 11.7 Å². The third kappa shape index (κ3) is 3.12. The number of hydrogen-bond donors (Lipinski definition) is 0. The van der Waals surface area contributed by atoms with Crippen LogP contribution < -0.4 is 4.74 Å². The summed E-state index contributed by atoms with van der Waals surface area (Å²) >= 11 is 5.93. The molecule has 2 fully saturated rings. The van der Waals surface area contributed by atoms with E-state index >= 15 is 0 Å².